The minimum absolute atomic E-state index is 0.00165. The first-order valence-corrected chi connectivity index (χ1v) is 9.50. The van der Waals surface area contributed by atoms with Crippen molar-refractivity contribution in [2.45, 2.75) is 38.9 Å². The molecule has 0 aromatic heterocycles. The number of benzene rings is 1. The topological polar surface area (TPSA) is 71.1 Å². The first-order chi connectivity index (χ1) is 13.4. The van der Waals surface area contributed by atoms with Crippen LogP contribution in [0.5, 0.6) is 5.75 Å². The Morgan fingerprint density at radius 1 is 1.39 bits per heavy atom. The van der Waals surface area contributed by atoms with Crippen LogP contribution in [-0.2, 0) is 20.9 Å². The van der Waals surface area contributed by atoms with E-state index in [0.29, 0.717) is 37.6 Å². The van der Waals surface area contributed by atoms with Crippen LogP contribution in [0, 0.1) is 5.82 Å². The zero-order valence-electron chi connectivity index (χ0n) is 17.0. The van der Waals surface area contributed by atoms with Crippen LogP contribution in [0.2, 0.25) is 0 Å². The molecule has 1 aromatic rings. The molecule has 0 aliphatic carbocycles. The molecule has 1 fully saturated rings. The van der Waals surface area contributed by atoms with Crippen molar-refractivity contribution in [3.05, 3.63) is 29.6 Å². The van der Waals surface area contributed by atoms with Crippen molar-refractivity contribution < 1.29 is 23.5 Å². The van der Waals surface area contributed by atoms with E-state index in [1.165, 1.54) is 13.2 Å². The van der Waals surface area contributed by atoms with E-state index < -0.39 is 6.04 Å². The highest BCUT2D eigenvalue weighted by atomic mass is 19.1. The molecule has 1 aliphatic heterocycles. The number of halogens is 1. The van der Waals surface area contributed by atoms with Gasteiger partial charge in [0.1, 0.15) is 11.6 Å². The molecule has 1 saturated heterocycles. The monoisotopic (exact) mass is 395 g/mol. The maximum atomic E-state index is 14.4. The van der Waals surface area contributed by atoms with Gasteiger partial charge in [-0.3, -0.25) is 14.5 Å². The molecular weight excluding hydrogens is 365 g/mol. The van der Waals surface area contributed by atoms with Gasteiger partial charge < -0.3 is 19.7 Å². The number of amides is 2. The third-order valence-electron chi connectivity index (χ3n) is 4.92. The van der Waals surface area contributed by atoms with E-state index in [9.17, 15) is 14.0 Å². The van der Waals surface area contributed by atoms with Crippen molar-refractivity contribution in [3.63, 3.8) is 0 Å². The smallest absolute Gasteiger partial charge is 0.237 e. The quantitative estimate of drug-likeness (QED) is 0.685. The number of piperazine rings is 1. The van der Waals surface area contributed by atoms with Gasteiger partial charge in [-0.05, 0) is 19.9 Å². The van der Waals surface area contributed by atoms with Crippen molar-refractivity contribution >= 4 is 11.8 Å². The molecule has 1 N–H and O–H groups in total. The molecular formula is C20H30FN3O4. The summed E-state index contributed by atoms with van der Waals surface area (Å²) in [6, 6.07) is 4.03. The van der Waals surface area contributed by atoms with Gasteiger partial charge in [0, 0.05) is 51.0 Å². The summed E-state index contributed by atoms with van der Waals surface area (Å²) in [6.07, 6.45) is 0.0471. The van der Waals surface area contributed by atoms with Gasteiger partial charge in [-0.15, -0.1) is 0 Å². The summed E-state index contributed by atoms with van der Waals surface area (Å²) in [7, 11) is 3.07. The number of nitrogens with zero attached hydrogens (tertiary/aromatic N) is 2. The second-order valence-corrected chi connectivity index (χ2v) is 7.11. The lowest BCUT2D eigenvalue weighted by Gasteiger charge is -2.36. The van der Waals surface area contributed by atoms with Gasteiger partial charge in [-0.25, -0.2) is 4.39 Å². The summed E-state index contributed by atoms with van der Waals surface area (Å²) in [5.41, 5.74) is 0.466. The summed E-state index contributed by atoms with van der Waals surface area (Å²) < 4.78 is 24.5. The van der Waals surface area contributed by atoms with Gasteiger partial charge in [0.05, 0.1) is 26.2 Å². The normalized spacial score (nSPS) is 17.5. The maximum Gasteiger partial charge on any atom is 0.237 e. The zero-order valence-corrected chi connectivity index (χ0v) is 17.0. The number of carbonyl (C=O) groups excluding carboxylic acids is 2. The van der Waals surface area contributed by atoms with Crippen LogP contribution in [0.4, 0.5) is 4.39 Å². The van der Waals surface area contributed by atoms with E-state index in [2.05, 4.69) is 5.32 Å². The summed E-state index contributed by atoms with van der Waals surface area (Å²) in [5, 5.41) is 2.81. The van der Waals surface area contributed by atoms with Crippen LogP contribution in [0.25, 0.3) is 0 Å². The van der Waals surface area contributed by atoms with Gasteiger partial charge in [0.25, 0.3) is 0 Å². The average Bonchev–Trinajstić information content (AvgIpc) is 2.66. The molecule has 2 amide bonds. The van der Waals surface area contributed by atoms with Crippen LogP contribution < -0.4 is 10.1 Å². The zero-order chi connectivity index (χ0) is 20.7. The number of nitrogens with one attached hydrogen (secondary N) is 1. The highest BCUT2D eigenvalue weighted by Crippen LogP contribution is 2.21. The lowest BCUT2D eigenvalue weighted by Crippen LogP contribution is -2.56. The molecule has 1 heterocycles. The molecule has 0 unspecified atom stereocenters. The lowest BCUT2D eigenvalue weighted by molar-refractivity contribution is -0.140. The van der Waals surface area contributed by atoms with Crippen molar-refractivity contribution in [2.24, 2.45) is 0 Å². The van der Waals surface area contributed by atoms with E-state index in [1.807, 2.05) is 18.7 Å². The molecule has 1 aliphatic rings. The maximum absolute atomic E-state index is 14.4. The van der Waals surface area contributed by atoms with Crippen LogP contribution in [0.15, 0.2) is 18.2 Å². The second-order valence-electron chi connectivity index (χ2n) is 7.11. The number of ether oxygens (including phenoxy) is 2. The molecule has 7 nitrogen and oxygen atoms in total. The van der Waals surface area contributed by atoms with Crippen LogP contribution in [-0.4, -0.2) is 74.2 Å². The highest BCUT2D eigenvalue weighted by Gasteiger charge is 2.33. The molecule has 0 radical (unpaired) electrons. The van der Waals surface area contributed by atoms with Gasteiger partial charge in [0.2, 0.25) is 11.8 Å². The molecule has 0 saturated carbocycles. The first kappa shape index (κ1) is 22.1. The first-order valence-electron chi connectivity index (χ1n) is 9.50. The van der Waals surface area contributed by atoms with E-state index in [1.54, 1.807) is 24.1 Å². The Hall–Kier alpha value is -2.19. The van der Waals surface area contributed by atoms with Gasteiger partial charge in [-0.1, -0.05) is 6.07 Å². The molecule has 156 valence electrons. The molecule has 2 rings (SSSR count). The van der Waals surface area contributed by atoms with Crippen molar-refractivity contribution in [2.75, 3.05) is 40.5 Å². The number of hydrogen-bond donors (Lipinski definition) is 1. The lowest BCUT2D eigenvalue weighted by atomic mass is 10.1. The number of carbonyl (C=O) groups is 2. The number of rotatable bonds is 9. The standard InChI is InChI=1S/C20H30FN3O4/c1-14(2)24(9-10-27-3)19(25)12-18-20(26)22-7-8-23(18)13-15-5-6-16(28-4)11-17(15)21/h5-6,11,14,18H,7-10,12-13H2,1-4H3,(H,22,26)/t18-/m0/s1. The molecule has 28 heavy (non-hydrogen) atoms. The molecule has 8 heteroatoms. The average molecular weight is 395 g/mol. The third-order valence-corrected chi connectivity index (χ3v) is 4.92. The van der Waals surface area contributed by atoms with Gasteiger partial charge in [0.15, 0.2) is 0 Å². The minimum Gasteiger partial charge on any atom is -0.497 e. The highest BCUT2D eigenvalue weighted by molar-refractivity contribution is 5.89. The Morgan fingerprint density at radius 2 is 2.14 bits per heavy atom. The third kappa shape index (κ3) is 5.65. The van der Waals surface area contributed by atoms with E-state index in [-0.39, 0.29) is 36.6 Å². The predicted octanol–water partition coefficient (Wildman–Crippen LogP) is 1.41. The van der Waals surface area contributed by atoms with Gasteiger partial charge in [-0.2, -0.15) is 0 Å². The number of hydrogen-bond acceptors (Lipinski definition) is 5. The Balaban J connectivity index is 2.13. The molecule has 0 spiro atoms. The van der Waals surface area contributed by atoms with Crippen molar-refractivity contribution in [1.29, 1.82) is 0 Å². The Bertz CT molecular complexity index is 683. The van der Waals surface area contributed by atoms with E-state index in [0.717, 1.165) is 0 Å². The van der Waals surface area contributed by atoms with Crippen LogP contribution in [0.3, 0.4) is 0 Å². The van der Waals surface area contributed by atoms with Crippen LogP contribution in [0.1, 0.15) is 25.8 Å². The second kappa shape index (κ2) is 10.4. The summed E-state index contributed by atoms with van der Waals surface area (Å²) in [6.45, 7) is 6.03. The molecule has 0 bridgehead atoms. The summed E-state index contributed by atoms with van der Waals surface area (Å²) in [5.74, 6) is -0.271. The SMILES string of the molecule is COCCN(C(=O)C[C@H]1C(=O)NCCN1Cc1ccc(OC)cc1F)C(C)C. The van der Waals surface area contributed by atoms with Crippen molar-refractivity contribution in [1.82, 2.24) is 15.1 Å². The fraction of sp³-hybridized carbons (Fsp3) is 0.600. The van der Waals surface area contributed by atoms with Gasteiger partial charge >= 0.3 is 0 Å². The van der Waals surface area contributed by atoms with E-state index >= 15 is 0 Å². The van der Waals surface area contributed by atoms with Crippen molar-refractivity contribution in [3.8, 4) is 5.75 Å². The fourth-order valence-corrected chi connectivity index (χ4v) is 3.32. The fourth-order valence-electron chi connectivity index (χ4n) is 3.32. The Morgan fingerprint density at radius 3 is 2.75 bits per heavy atom. The van der Waals surface area contributed by atoms with Crippen LogP contribution >= 0.6 is 0 Å². The molecule has 1 atom stereocenters. The summed E-state index contributed by atoms with van der Waals surface area (Å²) in [4.78, 5) is 28.8. The Labute approximate surface area is 165 Å². The summed E-state index contributed by atoms with van der Waals surface area (Å²) >= 11 is 0. The number of methoxy groups -OCH3 is 2. The minimum atomic E-state index is -0.633. The van der Waals surface area contributed by atoms with E-state index in [4.69, 9.17) is 9.47 Å². The largest absolute Gasteiger partial charge is 0.497 e. The Kier molecular flexibility index (Phi) is 8.19. The predicted molar refractivity (Wildman–Crippen MR) is 104 cm³/mol. The molecule has 1 aromatic carbocycles.